The normalized spacial score (nSPS) is 10.8. The highest BCUT2D eigenvalue weighted by atomic mass is 28.2. The van der Waals surface area contributed by atoms with Gasteiger partial charge in [-0.15, -0.1) is 26.3 Å². The highest BCUT2D eigenvalue weighted by Gasteiger charge is 2.08. The van der Waals surface area contributed by atoms with E-state index in [1.54, 1.807) is 0 Å². The van der Waals surface area contributed by atoms with E-state index in [1.807, 2.05) is 24.3 Å². The van der Waals surface area contributed by atoms with Crippen molar-refractivity contribution in [3.63, 3.8) is 0 Å². The van der Waals surface area contributed by atoms with E-state index in [2.05, 4.69) is 50.6 Å². The second-order valence-corrected chi connectivity index (χ2v) is 8.37. The Kier molecular flexibility index (Phi) is 12.7. The fourth-order valence-corrected chi connectivity index (χ4v) is 4.08. The Balaban J connectivity index is 2.33. The molecule has 0 aliphatic rings. The SMILES string of the molecule is C=CCC(CC=C)CO[Si]c1ccc([Si]OCC(CC=C)CC=C)cc1. The van der Waals surface area contributed by atoms with Crippen molar-refractivity contribution in [2.45, 2.75) is 25.7 Å². The molecule has 0 heterocycles. The van der Waals surface area contributed by atoms with E-state index in [1.165, 1.54) is 10.4 Å². The maximum absolute atomic E-state index is 5.88. The fraction of sp³-hybridized carbons (Fsp3) is 0.364. The molecule has 138 valence electrons. The maximum atomic E-state index is 5.88. The lowest BCUT2D eigenvalue weighted by Gasteiger charge is -2.13. The molecule has 0 aromatic heterocycles. The van der Waals surface area contributed by atoms with Gasteiger partial charge in [0.15, 0.2) is 0 Å². The van der Waals surface area contributed by atoms with Gasteiger partial charge in [0.05, 0.1) is 0 Å². The topological polar surface area (TPSA) is 18.5 Å². The summed E-state index contributed by atoms with van der Waals surface area (Å²) in [6, 6.07) is 8.52. The van der Waals surface area contributed by atoms with Crippen LogP contribution in [0, 0.1) is 11.8 Å². The van der Waals surface area contributed by atoms with E-state index in [-0.39, 0.29) is 0 Å². The van der Waals surface area contributed by atoms with Gasteiger partial charge in [-0.05, 0) is 47.9 Å². The molecule has 0 amide bonds. The Morgan fingerprint density at radius 2 is 0.962 bits per heavy atom. The summed E-state index contributed by atoms with van der Waals surface area (Å²) < 4.78 is 11.8. The molecule has 0 aliphatic heterocycles. The van der Waals surface area contributed by atoms with Crippen LogP contribution in [0.25, 0.3) is 0 Å². The number of rotatable bonds is 16. The van der Waals surface area contributed by atoms with Crippen LogP contribution in [0.5, 0.6) is 0 Å². The molecule has 0 unspecified atom stereocenters. The molecule has 4 heteroatoms. The summed E-state index contributed by atoms with van der Waals surface area (Å²) in [7, 11) is 0.744. The smallest absolute Gasteiger partial charge is 0.268 e. The van der Waals surface area contributed by atoms with Crippen molar-refractivity contribution in [3.05, 3.63) is 74.9 Å². The zero-order valence-electron chi connectivity index (χ0n) is 15.7. The molecule has 26 heavy (non-hydrogen) atoms. The average molecular weight is 383 g/mol. The van der Waals surface area contributed by atoms with Crippen LogP contribution >= 0.6 is 0 Å². The molecular weight excluding hydrogens is 352 g/mol. The maximum Gasteiger partial charge on any atom is 0.268 e. The Labute approximate surface area is 164 Å². The minimum Gasteiger partial charge on any atom is -0.411 e. The molecule has 0 saturated carbocycles. The van der Waals surface area contributed by atoms with E-state index in [9.17, 15) is 0 Å². The number of hydrogen-bond acceptors (Lipinski definition) is 2. The lowest BCUT2D eigenvalue weighted by molar-refractivity contribution is 0.266. The van der Waals surface area contributed by atoms with Crippen molar-refractivity contribution in [2.75, 3.05) is 13.2 Å². The van der Waals surface area contributed by atoms with Crippen molar-refractivity contribution in [1.29, 1.82) is 0 Å². The van der Waals surface area contributed by atoms with E-state index < -0.39 is 0 Å². The van der Waals surface area contributed by atoms with Gasteiger partial charge in [-0.3, -0.25) is 0 Å². The summed E-state index contributed by atoms with van der Waals surface area (Å²) in [6.45, 7) is 16.7. The predicted octanol–water partition coefficient (Wildman–Crippen LogP) is 3.75. The lowest BCUT2D eigenvalue weighted by Crippen LogP contribution is -2.25. The third-order valence-electron chi connectivity index (χ3n) is 3.90. The molecule has 0 atom stereocenters. The Morgan fingerprint density at radius 3 is 1.23 bits per heavy atom. The Bertz CT molecular complexity index is 471. The molecule has 1 aromatic rings. The van der Waals surface area contributed by atoms with Crippen molar-refractivity contribution in [2.24, 2.45) is 11.8 Å². The molecule has 1 rings (SSSR count). The number of benzene rings is 1. The van der Waals surface area contributed by atoms with Crippen molar-refractivity contribution < 1.29 is 8.85 Å². The highest BCUT2D eigenvalue weighted by Crippen LogP contribution is 2.10. The van der Waals surface area contributed by atoms with Crippen LogP contribution in [-0.4, -0.2) is 32.7 Å². The van der Waals surface area contributed by atoms with Gasteiger partial charge in [0.25, 0.3) is 19.5 Å². The minimum atomic E-state index is 0.372. The quantitative estimate of drug-likeness (QED) is 0.320. The second-order valence-electron chi connectivity index (χ2n) is 6.23. The molecule has 0 spiro atoms. The summed E-state index contributed by atoms with van der Waals surface area (Å²) in [5, 5.41) is 2.43. The van der Waals surface area contributed by atoms with Gasteiger partial charge in [-0.1, -0.05) is 48.6 Å². The first kappa shape index (κ1) is 22.6. The van der Waals surface area contributed by atoms with Gasteiger partial charge >= 0.3 is 0 Å². The third kappa shape index (κ3) is 9.87. The molecule has 0 N–H and O–H groups in total. The fourth-order valence-electron chi connectivity index (χ4n) is 2.50. The Morgan fingerprint density at radius 1 is 0.654 bits per heavy atom. The minimum absolute atomic E-state index is 0.372. The first-order valence-electron chi connectivity index (χ1n) is 9.02. The van der Waals surface area contributed by atoms with Gasteiger partial charge < -0.3 is 8.85 Å². The molecule has 0 saturated heterocycles. The zero-order chi connectivity index (χ0) is 19.0. The molecular formula is C22H30O2Si2. The number of hydrogen-bond donors (Lipinski definition) is 0. The monoisotopic (exact) mass is 382 g/mol. The van der Waals surface area contributed by atoms with Crippen LogP contribution in [0.1, 0.15) is 25.7 Å². The van der Waals surface area contributed by atoms with Gasteiger partial charge in [-0.2, -0.15) is 0 Å². The summed E-state index contributed by atoms with van der Waals surface area (Å²) in [4.78, 5) is 0. The van der Waals surface area contributed by atoms with Gasteiger partial charge in [0.1, 0.15) is 0 Å². The summed E-state index contributed by atoms with van der Waals surface area (Å²) in [5.74, 6) is 0.955. The van der Waals surface area contributed by atoms with Crippen molar-refractivity contribution in [1.82, 2.24) is 0 Å². The first-order chi connectivity index (χ1) is 12.7. The van der Waals surface area contributed by atoms with Crippen LogP contribution in [0.4, 0.5) is 0 Å². The van der Waals surface area contributed by atoms with Gasteiger partial charge in [-0.25, -0.2) is 0 Å². The van der Waals surface area contributed by atoms with Crippen LogP contribution < -0.4 is 10.4 Å². The molecule has 0 aliphatic carbocycles. The van der Waals surface area contributed by atoms with Crippen LogP contribution in [-0.2, 0) is 8.85 Å². The molecule has 2 nitrogen and oxygen atoms in total. The van der Waals surface area contributed by atoms with E-state index in [0.717, 1.165) is 38.9 Å². The third-order valence-corrected chi connectivity index (χ3v) is 5.66. The summed E-state index contributed by atoms with van der Waals surface area (Å²) in [6.07, 6.45) is 11.7. The zero-order valence-corrected chi connectivity index (χ0v) is 17.7. The highest BCUT2D eigenvalue weighted by molar-refractivity contribution is 6.49. The molecule has 4 radical (unpaired) electrons. The van der Waals surface area contributed by atoms with Gasteiger partial charge in [0.2, 0.25) is 0 Å². The van der Waals surface area contributed by atoms with Crippen molar-refractivity contribution in [3.8, 4) is 0 Å². The molecule has 0 fully saturated rings. The average Bonchev–Trinajstić information content (AvgIpc) is 2.64. The van der Waals surface area contributed by atoms with E-state index in [0.29, 0.717) is 31.4 Å². The second kappa shape index (κ2) is 14.7. The standard InChI is InChI=1S/C22H30O2Si2/c1-5-9-19(10-6-2)17-23-25-21-13-15-22(16-14-21)26-24-18-20(11-7-3)12-8-4/h5-8,13-16,19-20H,1-4,9-12,17-18H2. The number of allylic oxidation sites excluding steroid dienone is 4. The lowest BCUT2D eigenvalue weighted by atomic mass is 10.0. The Hall–Kier alpha value is -1.47. The van der Waals surface area contributed by atoms with E-state index in [4.69, 9.17) is 8.85 Å². The van der Waals surface area contributed by atoms with Crippen LogP contribution in [0.15, 0.2) is 74.9 Å². The first-order valence-corrected chi connectivity index (χ1v) is 10.8. The van der Waals surface area contributed by atoms with Crippen LogP contribution in [0.3, 0.4) is 0 Å². The van der Waals surface area contributed by atoms with E-state index >= 15 is 0 Å². The van der Waals surface area contributed by atoms with Crippen LogP contribution in [0.2, 0.25) is 0 Å². The van der Waals surface area contributed by atoms with Crippen molar-refractivity contribution >= 4 is 29.9 Å². The molecule has 0 bridgehead atoms. The summed E-state index contributed by atoms with van der Waals surface area (Å²) >= 11 is 0. The van der Waals surface area contributed by atoms with Gasteiger partial charge in [0, 0.05) is 13.2 Å². The molecule has 1 aromatic carbocycles. The predicted molar refractivity (Wildman–Crippen MR) is 115 cm³/mol. The summed E-state index contributed by atoms with van der Waals surface area (Å²) in [5.41, 5.74) is 0. The largest absolute Gasteiger partial charge is 0.411 e.